The van der Waals surface area contributed by atoms with Crippen LogP contribution in [0.25, 0.3) is 0 Å². The highest BCUT2D eigenvalue weighted by atomic mass is 16.5. The Morgan fingerprint density at radius 1 is 1.42 bits per heavy atom. The quantitative estimate of drug-likeness (QED) is 0.850. The predicted molar refractivity (Wildman–Crippen MR) is 63.6 cm³/mol. The molecule has 0 aromatic carbocycles. The third kappa shape index (κ3) is 3.15. The summed E-state index contributed by atoms with van der Waals surface area (Å²) in [4.78, 5) is 26.3. The van der Waals surface area contributed by atoms with Gasteiger partial charge in [-0.25, -0.2) is 4.79 Å². The van der Waals surface area contributed by atoms with E-state index in [1.165, 1.54) is 0 Å². The summed E-state index contributed by atoms with van der Waals surface area (Å²) in [7, 11) is 0. The number of rotatable bonds is 4. The molecule has 0 radical (unpaired) electrons. The van der Waals surface area contributed by atoms with E-state index in [4.69, 9.17) is 5.11 Å². The number of aromatic nitrogens is 2. The Morgan fingerprint density at radius 2 is 2.21 bits per heavy atom. The molecule has 0 unspecified atom stereocenters. The molecule has 7 nitrogen and oxygen atoms in total. The molecule has 0 aliphatic rings. The van der Waals surface area contributed by atoms with Gasteiger partial charge in [0.15, 0.2) is 5.69 Å². The molecule has 2 N–H and O–H groups in total. The van der Waals surface area contributed by atoms with Crippen LogP contribution >= 0.6 is 0 Å². The zero-order valence-electron chi connectivity index (χ0n) is 10.1. The van der Waals surface area contributed by atoms with Crippen molar-refractivity contribution in [3.8, 4) is 0 Å². The number of carboxylic acids is 1. The highest BCUT2D eigenvalue weighted by molar-refractivity contribution is 5.94. The lowest BCUT2D eigenvalue weighted by molar-refractivity contribution is 0.0651. The van der Waals surface area contributed by atoms with E-state index in [9.17, 15) is 9.59 Å². The number of hydrogen-bond donors (Lipinski definition) is 2. The van der Waals surface area contributed by atoms with Crippen molar-refractivity contribution in [3.05, 3.63) is 47.1 Å². The number of carbonyl (C=O) groups is 2. The smallest absolute Gasteiger partial charge is 0.374 e. The summed E-state index contributed by atoms with van der Waals surface area (Å²) in [5.74, 6) is -2.15. The number of amides is 1. The first-order chi connectivity index (χ1) is 9.06. The molecule has 0 bridgehead atoms. The van der Waals surface area contributed by atoms with Gasteiger partial charge in [-0.3, -0.25) is 9.78 Å². The molecule has 2 rings (SSSR count). The third-order valence-corrected chi connectivity index (χ3v) is 2.38. The largest absolute Gasteiger partial charge is 0.475 e. The lowest BCUT2D eigenvalue weighted by Crippen LogP contribution is -2.23. The third-order valence-electron chi connectivity index (χ3n) is 2.38. The maximum absolute atomic E-state index is 11.7. The monoisotopic (exact) mass is 261 g/mol. The Morgan fingerprint density at radius 3 is 2.79 bits per heavy atom. The first kappa shape index (κ1) is 12.7. The highest BCUT2D eigenvalue weighted by Gasteiger charge is 2.16. The average Bonchev–Trinajstić information content (AvgIpc) is 2.87. The Bertz CT molecular complexity index is 604. The summed E-state index contributed by atoms with van der Waals surface area (Å²) in [5, 5.41) is 14.6. The van der Waals surface area contributed by atoms with Gasteiger partial charge >= 0.3 is 5.97 Å². The van der Waals surface area contributed by atoms with Crippen molar-refractivity contribution in [2.45, 2.75) is 13.5 Å². The second-order valence-electron chi connectivity index (χ2n) is 3.87. The Balaban J connectivity index is 1.97. The van der Waals surface area contributed by atoms with Crippen LogP contribution in [-0.4, -0.2) is 27.1 Å². The fourth-order valence-corrected chi connectivity index (χ4v) is 1.36. The fourth-order valence-electron chi connectivity index (χ4n) is 1.36. The SMILES string of the molecule is Cc1ccc(CNC(=O)c2cc(C(=O)O)on2)cn1. The summed E-state index contributed by atoms with van der Waals surface area (Å²) in [5.41, 5.74) is 1.65. The highest BCUT2D eigenvalue weighted by Crippen LogP contribution is 2.04. The molecule has 19 heavy (non-hydrogen) atoms. The number of aryl methyl sites for hydroxylation is 1. The Kier molecular flexibility index (Phi) is 3.56. The molecule has 0 aliphatic carbocycles. The van der Waals surface area contributed by atoms with Crippen molar-refractivity contribution >= 4 is 11.9 Å². The lowest BCUT2D eigenvalue weighted by Gasteiger charge is -2.02. The summed E-state index contributed by atoms with van der Waals surface area (Å²) in [6.45, 7) is 2.15. The van der Waals surface area contributed by atoms with Crippen molar-refractivity contribution in [1.82, 2.24) is 15.5 Å². The first-order valence-electron chi connectivity index (χ1n) is 5.46. The van der Waals surface area contributed by atoms with E-state index >= 15 is 0 Å². The van der Waals surface area contributed by atoms with E-state index < -0.39 is 11.9 Å². The van der Waals surface area contributed by atoms with Crippen molar-refractivity contribution in [3.63, 3.8) is 0 Å². The van der Waals surface area contributed by atoms with Crippen LogP contribution in [0.3, 0.4) is 0 Å². The van der Waals surface area contributed by atoms with Crippen LogP contribution in [0.1, 0.15) is 32.3 Å². The Labute approximate surface area is 108 Å². The minimum Gasteiger partial charge on any atom is -0.475 e. The fraction of sp³-hybridized carbons (Fsp3) is 0.167. The molecule has 98 valence electrons. The van der Waals surface area contributed by atoms with Gasteiger partial charge in [0.1, 0.15) is 0 Å². The molecule has 2 aromatic heterocycles. The number of nitrogens with one attached hydrogen (secondary N) is 1. The van der Waals surface area contributed by atoms with Crippen molar-refractivity contribution in [1.29, 1.82) is 0 Å². The topological polar surface area (TPSA) is 105 Å². The van der Waals surface area contributed by atoms with Crippen LogP contribution in [0.15, 0.2) is 28.9 Å². The molecule has 7 heteroatoms. The molecule has 0 saturated carbocycles. The van der Waals surface area contributed by atoms with E-state index in [0.29, 0.717) is 0 Å². The normalized spacial score (nSPS) is 10.2. The van der Waals surface area contributed by atoms with Gasteiger partial charge in [0, 0.05) is 24.5 Å². The summed E-state index contributed by atoms with van der Waals surface area (Å²) in [6, 6.07) is 4.75. The van der Waals surface area contributed by atoms with E-state index in [2.05, 4.69) is 20.0 Å². The van der Waals surface area contributed by atoms with E-state index in [-0.39, 0.29) is 18.0 Å². The number of carboxylic acid groups (broad SMARTS) is 1. The van der Waals surface area contributed by atoms with Gasteiger partial charge in [0.25, 0.3) is 5.91 Å². The number of pyridine rings is 1. The molecule has 0 saturated heterocycles. The van der Waals surface area contributed by atoms with Crippen LogP contribution in [-0.2, 0) is 6.54 Å². The minimum absolute atomic E-state index is 0.0718. The van der Waals surface area contributed by atoms with Gasteiger partial charge < -0.3 is 14.9 Å². The molecule has 2 aromatic rings. The average molecular weight is 261 g/mol. The maximum atomic E-state index is 11.7. The zero-order valence-corrected chi connectivity index (χ0v) is 10.1. The zero-order chi connectivity index (χ0) is 13.8. The van der Waals surface area contributed by atoms with Gasteiger partial charge in [-0.1, -0.05) is 11.2 Å². The van der Waals surface area contributed by atoms with Gasteiger partial charge in [-0.2, -0.15) is 0 Å². The van der Waals surface area contributed by atoms with Gasteiger partial charge in [-0.15, -0.1) is 0 Å². The number of carbonyl (C=O) groups excluding carboxylic acids is 1. The van der Waals surface area contributed by atoms with Crippen molar-refractivity contribution < 1.29 is 19.2 Å². The minimum atomic E-state index is -1.27. The van der Waals surface area contributed by atoms with E-state index in [1.54, 1.807) is 6.20 Å². The predicted octanol–water partition coefficient (Wildman–Crippen LogP) is 1.01. The van der Waals surface area contributed by atoms with Crippen LogP contribution in [0.2, 0.25) is 0 Å². The second-order valence-corrected chi connectivity index (χ2v) is 3.87. The second kappa shape index (κ2) is 5.30. The van der Waals surface area contributed by atoms with Crippen LogP contribution < -0.4 is 5.32 Å². The lowest BCUT2D eigenvalue weighted by atomic mass is 10.2. The number of nitrogens with zero attached hydrogens (tertiary/aromatic N) is 2. The van der Waals surface area contributed by atoms with Crippen molar-refractivity contribution in [2.75, 3.05) is 0 Å². The van der Waals surface area contributed by atoms with Gasteiger partial charge in [0.05, 0.1) is 0 Å². The van der Waals surface area contributed by atoms with E-state index in [1.807, 2.05) is 19.1 Å². The molecule has 0 atom stereocenters. The van der Waals surface area contributed by atoms with E-state index in [0.717, 1.165) is 17.3 Å². The summed E-state index contributed by atoms with van der Waals surface area (Å²) in [6.07, 6.45) is 1.65. The summed E-state index contributed by atoms with van der Waals surface area (Å²) >= 11 is 0. The Hall–Kier alpha value is -2.70. The van der Waals surface area contributed by atoms with Crippen LogP contribution in [0, 0.1) is 6.92 Å². The van der Waals surface area contributed by atoms with Crippen LogP contribution in [0.5, 0.6) is 0 Å². The van der Waals surface area contributed by atoms with Crippen LogP contribution in [0.4, 0.5) is 0 Å². The van der Waals surface area contributed by atoms with Crippen molar-refractivity contribution in [2.24, 2.45) is 0 Å². The number of hydrogen-bond acceptors (Lipinski definition) is 5. The molecule has 0 aliphatic heterocycles. The van der Waals surface area contributed by atoms with Gasteiger partial charge in [0.2, 0.25) is 5.76 Å². The molecule has 1 amide bonds. The maximum Gasteiger partial charge on any atom is 0.374 e. The first-order valence-corrected chi connectivity index (χ1v) is 5.46. The van der Waals surface area contributed by atoms with Gasteiger partial charge in [-0.05, 0) is 18.6 Å². The molecule has 0 fully saturated rings. The number of aromatic carboxylic acids is 1. The molecule has 0 spiro atoms. The molecular weight excluding hydrogens is 250 g/mol. The standard InChI is InChI=1S/C12H11N3O4/c1-7-2-3-8(5-13-7)6-14-11(16)9-4-10(12(17)18)19-15-9/h2-5H,6H2,1H3,(H,14,16)(H,17,18). The summed E-state index contributed by atoms with van der Waals surface area (Å²) < 4.78 is 4.49. The molecule has 2 heterocycles. The molecular formula is C12H11N3O4.